The number of amides is 2. The first-order valence-electron chi connectivity index (χ1n) is 12.5. The molecule has 0 spiro atoms. The molecule has 158 valence electrons. The highest BCUT2D eigenvalue weighted by atomic mass is 19.1. The minimum absolute atomic E-state index is 0.228. The van der Waals surface area contributed by atoms with E-state index in [0.717, 1.165) is 19.1 Å². The topological polar surface area (TPSA) is 101 Å². The van der Waals surface area contributed by atoms with Crippen LogP contribution in [0.2, 0.25) is 0 Å². The van der Waals surface area contributed by atoms with E-state index in [9.17, 15) is 28.3 Å². The minimum Gasteiger partial charge on any atom is -0.503 e. The highest BCUT2D eigenvalue weighted by molar-refractivity contribution is 5.99. The van der Waals surface area contributed by atoms with Gasteiger partial charge in [-0.25, -0.2) is 8.78 Å². The summed E-state index contributed by atoms with van der Waals surface area (Å²) >= 11 is 0. The first-order valence-corrected chi connectivity index (χ1v) is 8.47. The number of fused-ring (bicyclic) bond motifs is 2. The maximum Gasteiger partial charge on any atom is 0.276 e. The van der Waals surface area contributed by atoms with Gasteiger partial charge in [-0.1, -0.05) is 6.07 Å². The molecule has 4 rings (SSSR count). The number of benzene rings is 1. The Morgan fingerprint density at radius 3 is 2.97 bits per heavy atom. The summed E-state index contributed by atoms with van der Waals surface area (Å²) in [6.45, 7) is -6.33. The number of halogens is 2. The molecule has 2 aliphatic rings. The lowest BCUT2D eigenvalue weighted by molar-refractivity contribution is -0.112. The monoisotopic (exact) mass is 427 g/mol. The molecule has 3 heterocycles. The van der Waals surface area contributed by atoms with Gasteiger partial charge in [-0.3, -0.25) is 14.4 Å². The standard InChI is InChI=1S/C20H19F2N3O5/c1-10-4-5-30-15-9-24-8-13(17(26)18(27)16(24)20(29)25(10)15)19(28)23-7-11-2-3-12(21)6-14(11)22/h2-3,6,8,10,15,27H,4-5,7,9H2,1H3,(H,23,28)/t10-,15+/m1/s1/i4D2,5D2,7D2,10D,15D. The van der Waals surface area contributed by atoms with Crippen molar-refractivity contribution in [2.45, 2.75) is 38.6 Å². The van der Waals surface area contributed by atoms with E-state index in [1.807, 2.05) is 0 Å². The molecular weight excluding hydrogens is 400 g/mol. The van der Waals surface area contributed by atoms with Crippen LogP contribution in [-0.2, 0) is 17.8 Å². The van der Waals surface area contributed by atoms with Crippen LogP contribution in [0.1, 0.15) is 50.7 Å². The Morgan fingerprint density at radius 2 is 2.23 bits per heavy atom. The normalized spacial score (nSPS) is 33.2. The van der Waals surface area contributed by atoms with Gasteiger partial charge in [0.2, 0.25) is 5.43 Å². The number of nitrogens with zero attached hydrogens (tertiary/aromatic N) is 2. The van der Waals surface area contributed by atoms with Crippen LogP contribution in [0.4, 0.5) is 8.78 Å². The average molecular weight is 427 g/mol. The molecule has 2 N–H and O–H groups in total. The van der Waals surface area contributed by atoms with Gasteiger partial charge in [0, 0.05) is 33.1 Å². The van der Waals surface area contributed by atoms with Crippen molar-refractivity contribution in [1.82, 2.24) is 14.8 Å². The summed E-state index contributed by atoms with van der Waals surface area (Å²) in [4.78, 5) is 39.1. The van der Waals surface area contributed by atoms with E-state index in [-0.39, 0.29) is 4.90 Å². The summed E-state index contributed by atoms with van der Waals surface area (Å²) in [5.41, 5.74) is -4.10. The number of carbonyl (C=O) groups excluding carboxylic acids is 2. The lowest BCUT2D eigenvalue weighted by Crippen LogP contribution is -2.57. The molecule has 30 heavy (non-hydrogen) atoms. The zero-order valence-electron chi connectivity index (χ0n) is 23.2. The quantitative estimate of drug-likeness (QED) is 0.770. The molecule has 0 bridgehead atoms. The van der Waals surface area contributed by atoms with E-state index in [4.69, 9.17) is 15.7 Å². The summed E-state index contributed by atoms with van der Waals surface area (Å²) < 4.78 is 97.7. The smallest absolute Gasteiger partial charge is 0.276 e. The SMILES string of the molecule is [2H]C([2H])(NC(=O)c1cn2c(c(O)c1=O)C(=O)N1[C@]([2H])(C)C([2H])([2H])C([2H])([2H])O[C@@]1([2H])C2)c1ccc(F)cc1F. The fourth-order valence-corrected chi connectivity index (χ4v) is 3.01. The minimum atomic E-state index is -3.25. The first kappa shape index (κ1) is 12.4. The second-order valence-corrected chi connectivity index (χ2v) is 6.35. The van der Waals surface area contributed by atoms with E-state index >= 15 is 0 Å². The summed E-state index contributed by atoms with van der Waals surface area (Å²) in [5, 5.41) is 12.3. The van der Waals surface area contributed by atoms with Crippen LogP contribution in [0.25, 0.3) is 0 Å². The summed E-state index contributed by atoms with van der Waals surface area (Å²) in [7, 11) is 0. The third-order valence-corrected chi connectivity index (χ3v) is 4.44. The van der Waals surface area contributed by atoms with Crippen molar-refractivity contribution in [2.75, 3.05) is 6.56 Å². The highest BCUT2D eigenvalue weighted by Gasteiger charge is 2.41. The Morgan fingerprint density at radius 1 is 1.47 bits per heavy atom. The average Bonchev–Trinajstić information content (AvgIpc) is 2.73. The number of carbonyl (C=O) groups is 2. The van der Waals surface area contributed by atoms with Crippen molar-refractivity contribution in [1.29, 1.82) is 0 Å². The van der Waals surface area contributed by atoms with Gasteiger partial charge in [-0.2, -0.15) is 0 Å². The predicted octanol–water partition coefficient (Wildman–Crippen LogP) is 1.35. The molecule has 2 atom stereocenters. The Labute approximate surface area is 180 Å². The molecule has 2 aromatic rings. The molecule has 0 saturated carbocycles. The predicted molar refractivity (Wildman–Crippen MR) is 99.9 cm³/mol. The van der Waals surface area contributed by atoms with Crippen LogP contribution in [0.5, 0.6) is 5.75 Å². The largest absolute Gasteiger partial charge is 0.503 e. The van der Waals surface area contributed by atoms with E-state index in [1.54, 1.807) is 5.32 Å². The van der Waals surface area contributed by atoms with E-state index < -0.39 is 89.6 Å². The molecule has 8 nitrogen and oxygen atoms in total. The second kappa shape index (κ2) is 7.52. The Balaban J connectivity index is 1.79. The van der Waals surface area contributed by atoms with Crippen LogP contribution >= 0.6 is 0 Å². The van der Waals surface area contributed by atoms with Crippen LogP contribution in [0, 0.1) is 11.6 Å². The molecule has 1 aromatic heterocycles. The first-order chi connectivity index (χ1) is 17.2. The third-order valence-electron chi connectivity index (χ3n) is 4.44. The number of aromatic nitrogens is 1. The van der Waals surface area contributed by atoms with Gasteiger partial charge in [0.05, 0.1) is 21.3 Å². The van der Waals surface area contributed by atoms with Crippen LogP contribution < -0.4 is 10.7 Å². The summed E-state index contributed by atoms with van der Waals surface area (Å²) in [6, 6.07) is -0.940. The van der Waals surface area contributed by atoms with Crippen molar-refractivity contribution >= 4 is 11.8 Å². The Hall–Kier alpha value is -3.27. The van der Waals surface area contributed by atoms with E-state index in [2.05, 4.69) is 0 Å². The van der Waals surface area contributed by atoms with Gasteiger partial charge >= 0.3 is 0 Å². The van der Waals surface area contributed by atoms with Crippen molar-refractivity contribution in [3.63, 3.8) is 0 Å². The molecule has 0 radical (unpaired) electrons. The molecule has 2 aliphatic heterocycles. The second-order valence-electron chi connectivity index (χ2n) is 6.35. The van der Waals surface area contributed by atoms with Crippen LogP contribution in [-0.4, -0.2) is 45.2 Å². The van der Waals surface area contributed by atoms with Gasteiger partial charge in [0.25, 0.3) is 11.8 Å². The van der Waals surface area contributed by atoms with Gasteiger partial charge in [-0.15, -0.1) is 0 Å². The van der Waals surface area contributed by atoms with Crippen molar-refractivity contribution in [2.24, 2.45) is 0 Å². The summed E-state index contributed by atoms with van der Waals surface area (Å²) in [6.07, 6.45) is -5.31. The fourth-order valence-electron chi connectivity index (χ4n) is 3.01. The fraction of sp³-hybridized carbons (Fsp3) is 0.350. The number of hydrogen-bond donors (Lipinski definition) is 2. The zero-order chi connectivity index (χ0) is 28.8. The van der Waals surface area contributed by atoms with E-state index in [1.165, 1.54) is 0 Å². The maximum atomic E-state index is 14.1. The number of aromatic hydroxyl groups is 1. The molecule has 1 aromatic carbocycles. The zero-order valence-corrected chi connectivity index (χ0v) is 15.2. The number of rotatable bonds is 3. The number of hydrogen-bond acceptors (Lipinski definition) is 5. The van der Waals surface area contributed by atoms with Gasteiger partial charge in [0.15, 0.2) is 17.6 Å². The van der Waals surface area contributed by atoms with E-state index in [0.29, 0.717) is 16.8 Å². The third kappa shape index (κ3) is 3.32. The van der Waals surface area contributed by atoms with Crippen LogP contribution in [0.3, 0.4) is 0 Å². The molecule has 0 unspecified atom stereocenters. The molecule has 1 saturated heterocycles. The van der Waals surface area contributed by atoms with Crippen LogP contribution in [0.15, 0.2) is 29.2 Å². The lowest BCUT2D eigenvalue weighted by atomic mass is 10.1. The number of pyridine rings is 1. The molecule has 10 heteroatoms. The van der Waals surface area contributed by atoms with Crippen molar-refractivity contribution < 1.29 is 39.2 Å². The highest BCUT2D eigenvalue weighted by Crippen LogP contribution is 2.29. The Bertz CT molecular complexity index is 1450. The van der Waals surface area contributed by atoms with Gasteiger partial charge in [0.1, 0.15) is 17.2 Å². The maximum absolute atomic E-state index is 14.1. The molecule has 2 amide bonds. The van der Waals surface area contributed by atoms with Crippen molar-refractivity contribution in [3.8, 4) is 5.75 Å². The van der Waals surface area contributed by atoms with Gasteiger partial charge in [-0.05, 0) is 19.4 Å². The number of nitrogens with one attached hydrogen (secondary N) is 1. The van der Waals surface area contributed by atoms with Crippen molar-refractivity contribution in [3.05, 3.63) is 63.1 Å². The lowest BCUT2D eigenvalue weighted by Gasteiger charge is -2.44. The number of ether oxygens (including phenoxy) is 1. The molecule has 1 fully saturated rings. The summed E-state index contributed by atoms with van der Waals surface area (Å²) in [5.74, 6) is -6.66. The van der Waals surface area contributed by atoms with Gasteiger partial charge < -0.3 is 24.6 Å². The molecule has 0 aliphatic carbocycles. The Kier molecular flexibility index (Phi) is 3.12. The molecular formula is C20H19F2N3O5.